The minimum Gasteiger partial charge on any atom is -0.431 e. The van der Waals surface area contributed by atoms with Crippen molar-refractivity contribution in [3.05, 3.63) is 89.9 Å². The van der Waals surface area contributed by atoms with Crippen LogP contribution >= 0.6 is 23.1 Å². The fourth-order valence-electron chi connectivity index (χ4n) is 3.04. The van der Waals surface area contributed by atoms with Gasteiger partial charge in [-0.05, 0) is 12.1 Å². The van der Waals surface area contributed by atoms with Gasteiger partial charge in [-0.15, -0.1) is 11.3 Å². The zero-order chi connectivity index (χ0) is 18.8. The van der Waals surface area contributed by atoms with Crippen molar-refractivity contribution in [1.82, 2.24) is 9.97 Å². The predicted molar refractivity (Wildman–Crippen MR) is 117 cm³/mol. The van der Waals surface area contributed by atoms with Crippen molar-refractivity contribution in [3.8, 4) is 22.6 Å². The maximum Gasteiger partial charge on any atom is 0.257 e. The van der Waals surface area contributed by atoms with E-state index in [4.69, 9.17) is 14.4 Å². The zero-order valence-electron chi connectivity index (χ0n) is 14.9. The quantitative estimate of drug-likeness (QED) is 0.300. The molecule has 0 aliphatic rings. The molecule has 5 rings (SSSR count). The highest BCUT2D eigenvalue weighted by molar-refractivity contribution is 7.98. The molecule has 0 radical (unpaired) electrons. The molecule has 0 unspecified atom stereocenters. The first kappa shape index (κ1) is 17.2. The molecule has 2 aromatic heterocycles. The summed E-state index contributed by atoms with van der Waals surface area (Å²) in [6.07, 6.45) is 0. The summed E-state index contributed by atoms with van der Waals surface area (Å²) in [5, 5.41) is 1.74. The van der Waals surface area contributed by atoms with Gasteiger partial charge in [0.1, 0.15) is 10.7 Å². The van der Waals surface area contributed by atoms with Crippen molar-refractivity contribution in [2.75, 3.05) is 0 Å². The molecule has 5 heteroatoms. The topological polar surface area (TPSA) is 38.9 Å². The molecule has 28 heavy (non-hydrogen) atoms. The summed E-state index contributed by atoms with van der Waals surface area (Å²) < 4.78 is 7.39. The average molecular weight is 401 g/mol. The molecule has 0 spiro atoms. The fourth-order valence-corrected chi connectivity index (χ4v) is 4.83. The summed E-state index contributed by atoms with van der Waals surface area (Å²) in [4.78, 5) is 9.50. The smallest absolute Gasteiger partial charge is 0.257 e. The number of benzene rings is 3. The lowest BCUT2D eigenvalue weighted by atomic mass is 10.1. The minimum absolute atomic E-state index is 0.664. The summed E-state index contributed by atoms with van der Waals surface area (Å²) in [6, 6.07) is 28.5. The highest BCUT2D eigenvalue weighted by atomic mass is 32.2. The van der Waals surface area contributed by atoms with Gasteiger partial charge in [0.15, 0.2) is 5.76 Å². The van der Waals surface area contributed by atoms with E-state index in [1.165, 1.54) is 4.70 Å². The van der Waals surface area contributed by atoms with Crippen LogP contribution in [0.25, 0.3) is 32.8 Å². The van der Waals surface area contributed by atoms with Crippen LogP contribution in [0.2, 0.25) is 0 Å². The van der Waals surface area contributed by atoms with Gasteiger partial charge in [0, 0.05) is 11.1 Å². The number of fused-ring (bicyclic) bond motifs is 1. The molecule has 5 aromatic rings. The number of thioether (sulfide) groups is 1. The zero-order valence-corrected chi connectivity index (χ0v) is 16.5. The van der Waals surface area contributed by atoms with Crippen LogP contribution < -0.4 is 0 Å². The largest absolute Gasteiger partial charge is 0.431 e. The summed E-state index contributed by atoms with van der Waals surface area (Å²) in [5.41, 5.74) is 4.00. The van der Waals surface area contributed by atoms with Crippen molar-refractivity contribution in [2.45, 2.75) is 11.0 Å². The van der Waals surface area contributed by atoms with E-state index in [1.54, 1.807) is 23.1 Å². The predicted octanol–water partition coefficient (Wildman–Crippen LogP) is 6.91. The van der Waals surface area contributed by atoms with Crippen LogP contribution in [0.1, 0.15) is 5.01 Å². The van der Waals surface area contributed by atoms with E-state index in [0.717, 1.165) is 38.9 Å². The van der Waals surface area contributed by atoms with Crippen molar-refractivity contribution in [1.29, 1.82) is 0 Å². The third-order valence-corrected chi connectivity index (χ3v) is 6.41. The SMILES string of the molecule is c1ccc(-c2nc(SCc3nc4ccccc4s3)oc2-c2ccccc2)cc1. The molecule has 0 atom stereocenters. The summed E-state index contributed by atoms with van der Waals surface area (Å²) in [7, 11) is 0. The Balaban J connectivity index is 1.47. The number of oxazole rings is 1. The molecule has 0 aliphatic carbocycles. The second-order valence-corrected chi connectivity index (χ2v) is 8.30. The molecule has 0 amide bonds. The van der Waals surface area contributed by atoms with Crippen molar-refractivity contribution >= 4 is 33.3 Å². The van der Waals surface area contributed by atoms with Gasteiger partial charge in [-0.1, -0.05) is 84.6 Å². The molecule has 2 heterocycles. The Morgan fingerprint density at radius 3 is 2.18 bits per heavy atom. The van der Waals surface area contributed by atoms with Gasteiger partial charge in [0.05, 0.1) is 16.0 Å². The van der Waals surface area contributed by atoms with Crippen LogP contribution in [0.3, 0.4) is 0 Å². The molecule has 0 aliphatic heterocycles. The summed E-state index contributed by atoms with van der Waals surface area (Å²) in [6.45, 7) is 0. The number of aromatic nitrogens is 2. The van der Waals surface area contributed by atoms with Gasteiger partial charge >= 0.3 is 0 Å². The molecular formula is C23H16N2OS2. The second-order valence-electron chi connectivity index (χ2n) is 6.25. The monoisotopic (exact) mass is 400 g/mol. The Hall–Kier alpha value is -2.89. The van der Waals surface area contributed by atoms with E-state index >= 15 is 0 Å². The summed E-state index contributed by atoms with van der Waals surface area (Å²) >= 11 is 3.30. The van der Waals surface area contributed by atoms with Gasteiger partial charge < -0.3 is 4.42 Å². The first-order valence-corrected chi connectivity index (χ1v) is 10.8. The fraction of sp³-hybridized carbons (Fsp3) is 0.0435. The Morgan fingerprint density at radius 1 is 0.750 bits per heavy atom. The van der Waals surface area contributed by atoms with Gasteiger partial charge in [0.25, 0.3) is 5.22 Å². The van der Waals surface area contributed by atoms with Gasteiger partial charge in [-0.25, -0.2) is 9.97 Å². The third kappa shape index (κ3) is 3.46. The first-order chi connectivity index (χ1) is 13.9. The number of nitrogens with zero attached hydrogens (tertiary/aromatic N) is 2. The number of hydrogen-bond donors (Lipinski definition) is 0. The minimum atomic E-state index is 0.664. The number of rotatable bonds is 5. The van der Waals surface area contributed by atoms with Crippen LogP contribution in [0.5, 0.6) is 0 Å². The van der Waals surface area contributed by atoms with E-state index in [9.17, 15) is 0 Å². The number of hydrogen-bond acceptors (Lipinski definition) is 5. The second kappa shape index (κ2) is 7.62. The lowest BCUT2D eigenvalue weighted by Gasteiger charge is -2.00. The molecule has 136 valence electrons. The summed E-state index contributed by atoms with van der Waals surface area (Å²) in [5.74, 6) is 1.54. The molecule has 0 N–H and O–H groups in total. The highest BCUT2D eigenvalue weighted by Gasteiger charge is 2.17. The Kier molecular flexibility index (Phi) is 4.69. The highest BCUT2D eigenvalue weighted by Crippen LogP contribution is 2.37. The molecule has 0 saturated carbocycles. The lowest BCUT2D eigenvalue weighted by molar-refractivity contribution is 0.466. The van der Waals surface area contributed by atoms with Crippen molar-refractivity contribution < 1.29 is 4.42 Å². The standard InChI is InChI=1S/C23H16N2OS2/c1-3-9-16(10-4-1)21-22(17-11-5-2-6-12-17)26-23(25-21)27-15-20-24-18-13-7-8-14-19(18)28-20/h1-14H,15H2. The normalized spacial score (nSPS) is 11.1. The van der Waals surface area contributed by atoms with Gasteiger partial charge in [-0.2, -0.15) is 0 Å². The average Bonchev–Trinajstić information content (AvgIpc) is 3.37. The van der Waals surface area contributed by atoms with Crippen LogP contribution in [0.15, 0.2) is 94.6 Å². The van der Waals surface area contributed by atoms with Gasteiger partial charge in [-0.3, -0.25) is 0 Å². The molecule has 3 aromatic carbocycles. The maximum absolute atomic E-state index is 6.18. The molecule has 0 fully saturated rings. The van der Waals surface area contributed by atoms with E-state index in [-0.39, 0.29) is 0 Å². The Bertz CT molecular complexity index is 1120. The Morgan fingerprint density at radius 2 is 1.43 bits per heavy atom. The Labute approximate surface area is 171 Å². The van der Waals surface area contributed by atoms with Crippen LogP contribution in [0.4, 0.5) is 0 Å². The van der Waals surface area contributed by atoms with E-state index in [2.05, 4.69) is 30.3 Å². The van der Waals surface area contributed by atoms with Crippen LogP contribution in [-0.2, 0) is 5.75 Å². The molecule has 3 nitrogen and oxygen atoms in total. The van der Waals surface area contributed by atoms with E-state index in [1.807, 2.05) is 54.6 Å². The molecular weight excluding hydrogens is 384 g/mol. The van der Waals surface area contributed by atoms with E-state index < -0.39 is 0 Å². The lowest BCUT2D eigenvalue weighted by Crippen LogP contribution is -1.82. The maximum atomic E-state index is 6.18. The molecule has 0 bridgehead atoms. The third-order valence-electron chi connectivity index (χ3n) is 4.35. The molecule has 0 saturated heterocycles. The van der Waals surface area contributed by atoms with Crippen LogP contribution in [0, 0.1) is 0 Å². The number of para-hydroxylation sites is 1. The van der Waals surface area contributed by atoms with Crippen LogP contribution in [-0.4, -0.2) is 9.97 Å². The number of thiazole rings is 1. The van der Waals surface area contributed by atoms with Gasteiger partial charge in [0.2, 0.25) is 0 Å². The first-order valence-electron chi connectivity index (χ1n) is 8.96. The van der Waals surface area contributed by atoms with Crippen molar-refractivity contribution in [2.24, 2.45) is 0 Å². The van der Waals surface area contributed by atoms with E-state index in [0.29, 0.717) is 5.22 Å². The van der Waals surface area contributed by atoms with Crippen molar-refractivity contribution in [3.63, 3.8) is 0 Å².